The van der Waals surface area contributed by atoms with Crippen molar-refractivity contribution in [2.45, 2.75) is 19.1 Å². The zero-order chi connectivity index (χ0) is 16.5. The Morgan fingerprint density at radius 1 is 1.36 bits per heavy atom. The number of nitrogens with one attached hydrogen (secondary N) is 1. The molecular formula is C14H14F3NO4. The smallest absolute Gasteiger partial charge is 0.416 e. The van der Waals surface area contributed by atoms with Gasteiger partial charge in [-0.15, -0.1) is 0 Å². The van der Waals surface area contributed by atoms with Crippen LogP contribution in [0.25, 0.3) is 0 Å². The molecule has 22 heavy (non-hydrogen) atoms. The van der Waals surface area contributed by atoms with Gasteiger partial charge in [0.25, 0.3) is 0 Å². The van der Waals surface area contributed by atoms with Gasteiger partial charge in [-0.2, -0.15) is 13.2 Å². The number of hydrogen-bond acceptors (Lipinski definition) is 3. The molecule has 1 aromatic rings. The van der Waals surface area contributed by atoms with Crippen molar-refractivity contribution in [3.05, 3.63) is 29.3 Å². The number of aliphatic carboxylic acids is 1. The molecule has 2 atom stereocenters. The quantitative estimate of drug-likeness (QED) is 0.871. The zero-order valence-corrected chi connectivity index (χ0v) is 11.6. The predicted octanol–water partition coefficient (Wildman–Crippen LogP) is 2.05. The molecule has 5 nitrogen and oxygen atoms in total. The molecule has 2 rings (SSSR count). The van der Waals surface area contributed by atoms with E-state index in [0.717, 1.165) is 6.07 Å². The number of carboxylic acids is 1. The minimum atomic E-state index is -4.57. The lowest BCUT2D eigenvalue weighted by atomic mass is 10.1. The molecule has 8 heteroatoms. The fourth-order valence-electron chi connectivity index (χ4n) is 2.17. The fraction of sp³-hybridized carbons (Fsp3) is 0.429. The maximum atomic E-state index is 13.0. The van der Waals surface area contributed by atoms with E-state index < -0.39 is 35.5 Å². The van der Waals surface area contributed by atoms with E-state index >= 15 is 0 Å². The van der Waals surface area contributed by atoms with Crippen molar-refractivity contribution in [1.29, 1.82) is 0 Å². The summed E-state index contributed by atoms with van der Waals surface area (Å²) in [6, 6.07) is 3.45. The van der Waals surface area contributed by atoms with Crippen LogP contribution in [0.3, 0.4) is 0 Å². The van der Waals surface area contributed by atoms with Gasteiger partial charge in [-0.05, 0) is 24.1 Å². The molecule has 1 fully saturated rings. The van der Waals surface area contributed by atoms with Gasteiger partial charge < -0.3 is 15.2 Å². The topological polar surface area (TPSA) is 75.6 Å². The Morgan fingerprint density at radius 3 is 2.55 bits per heavy atom. The van der Waals surface area contributed by atoms with Gasteiger partial charge in [-0.25, -0.2) is 0 Å². The number of ether oxygens (including phenoxy) is 1. The van der Waals surface area contributed by atoms with Gasteiger partial charge in [0.05, 0.1) is 24.5 Å². The monoisotopic (exact) mass is 317 g/mol. The van der Waals surface area contributed by atoms with Crippen molar-refractivity contribution in [2.24, 2.45) is 11.8 Å². The highest BCUT2D eigenvalue weighted by molar-refractivity contribution is 5.89. The molecule has 0 aromatic heterocycles. The lowest BCUT2D eigenvalue weighted by Gasteiger charge is -2.14. The Bertz CT molecular complexity index is 600. The molecule has 1 aromatic carbocycles. The first-order valence-electron chi connectivity index (χ1n) is 6.48. The molecule has 1 aliphatic rings. The summed E-state index contributed by atoms with van der Waals surface area (Å²) in [5.74, 6) is -2.95. The van der Waals surface area contributed by atoms with Gasteiger partial charge in [-0.1, -0.05) is 6.07 Å². The van der Waals surface area contributed by atoms with Crippen LogP contribution in [0.4, 0.5) is 13.2 Å². The van der Waals surface area contributed by atoms with Gasteiger partial charge in [0.2, 0.25) is 5.91 Å². The summed E-state index contributed by atoms with van der Waals surface area (Å²) in [4.78, 5) is 22.4. The first-order chi connectivity index (χ1) is 10.2. The van der Waals surface area contributed by atoms with Crippen LogP contribution in [0, 0.1) is 11.8 Å². The molecule has 0 aliphatic heterocycles. The van der Waals surface area contributed by atoms with Crippen LogP contribution < -0.4 is 10.1 Å². The minimum absolute atomic E-state index is 0.0653. The van der Waals surface area contributed by atoms with E-state index in [0.29, 0.717) is 0 Å². The fourth-order valence-corrected chi connectivity index (χ4v) is 2.17. The highest BCUT2D eigenvalue weighted by Gasteiger charge is 2.48. The first kappa shape index (κ1) is 16.1. The van der Waals surface area contributed by atoms with Crippen molar-refractivity contribution in [1.82, 2.24) is 5.32 Å². The maximum Gasteiger partial charge on any atom is 0.416 e. The number of alkyl halides is 3. The van der Waals surface area contributed by atoms with Crippen LogP contribution in [0.5, 0.6) is 5.75 Å². The van der Waals surface area contributed by atoms with Gasteiger partial charge in [0, 0.05) is 6.54 Å². The minimum Gasteiger partial charge on any atom is -0.497 e. The molecule has 0 spiro atoms. The molecule has 0 heterocycles. The van der Waals surface area contributed by atoms with E-state index in [4.69, 9.17) is 9.84 Å². The van der Waals surface area contributed by atoms with Crippen molar-refractivity contribution in [2.75, 3.05) is 7.11 Å². The first-order valence-corrected chi connectivity index (χ1v) is 6.48. The zero-order valence-electron chi connectivity index (χ0n) is 11.6. The largest absolute Gasteiger partial charge is 0.497 e. The van der Waals surface area contributed by atoms with E-state index in [9.17, 15) is 22.8 Å². The molecule has 1 saturated carbocycles. The van der Waals surface area contributed by atoms with Crippen molar-refractivity contribution < 1.29 is 32.6 Å². The van der Waals surface area contributed by atoms with Crippen LogP contribution in [-0.2, 0) is 22.3 Å². The van der Waals surface area contributed by atoms with Crippen LogP contribution in [-0.4, -0.2) is 24.1 Å². The molecule has 0 saturated heterocycles. The second-order valence-corrected chi connectivity index (χ2v) is 5.03. The third-order valence-electron chi connectivity index (χ3n) is 3.52. The second kappa shape index (κ2) is 5.86. The van der Waals surface area contributed by atoms with E-state index in [1.807, 2.05) is 0 Å². The maximum absolute atomic E-state index is 13.0. The number of carbonyl (C=O) groups is 2. The number of amides is 1. The summed E-state index contributed by atoms with van der Waals surface area (Å²) in [5, 5.41) is 11.1. The van der Waals surface area contributed by atoms with Crippen molar-refractivity contribution in [3.8, 4) is 5.75 Å². The van der Waals surface area contributed by atoms with Gasteiger partial charge in [0.15, 0.2) is 0 Å². The van der Waals surface area contributed by atoms with E-state index in [2.05, 4.69) is 5.32 Å². The number of carboxylic acid groups (broad SMARTS) is 1. The summed E-state index contributed by atoms with van der Waals surface area (Å²) in [6.07, 6.45) is -4.35. The SMILES string of the molecule is COc1ccc(CNC(=O)C2CC2C(=O)O)c(C(F)(F)F)c1. The summed E-state index contributed by atoms with van der Waals surface area (Å²) >= 11 is 0. The van der Waals surface area contributed by atoms with Crippen LogP contribution in [0.2, 0.25) is 0 Å². The molecular weight excluding hydrogens is 303 g/mol. The lowest BCUT2D eigenvalue weighted by Crippen LogP contribution is -2.27. The third kappa shape index (κ3) is 3.49. The second-order valence-electron chi connectivity index (χ2n) is 5.03. The average Bonchev–Trinajstić information content (AvgIpc) is 3.24. The van der Waals surface area contributed by atoms with Crippen LogP contribution >= 0.6 is 0 Å². The number of hydrogen-bond donors (Lipinski definition) is 2. The average molecular weight is 317 g/mol. The highest BCUT2D eigenvalue weighted by atomic mass is 19.4. The van der Waals surface area contributed by atoms with Gasteiger partial charge in [0.1, 0.15) is 5.75 Å². The molecule has 2 N–H and O–H groups in total. The van der Waals surface area contributed by atoms with Crippen molar-refractivity contribution >= 4 is 11.9 Å². The molecule has 120 valence electrons. The standard InChI is InChI=1S/C14H14F3NO4/c1-22-8-3-2-7(11(4-8)14(15,16)17)6-18-12(19)9-5-10(9)13(20)21/h2-4,9-10H,5-6H2,1H3,(H,18,19)(H,20,21). The number of rotatable bonds is 5. The van der Waals surface area contributed by atoms with E-state index in [-0.39, 0.29) is 24.3 Å². The summed E-state index contributed by atoms with van der Waals surface area (Å²) in [7, 11) is 1.26. The lowest BCUT2D eigenvalue weighted by molar-refractivity contribution is -0.140. The number of benzene rings is 1. The van der Waals surface area contributed by atoms with E-state index in [1.54, 1.807) is 0 Å². The molecule has 0 radical (unpaired) electrons. The van der Waals surface area contributed by atoms with Crippen LogP contribution in [0.15, 0.2) is 18.2 Å². The Labute approximate surface area is 124 Å². The third-order valence-corrected chi connectivity index (χ3v) is 3.52. The summed E-state index contributed by atoms with van der Waals surface area (Å²) in [6.45, 7) is -0.319. The summed E-state index contributed by atoms with van der Waals surface area (Å²) < 4.78 is 43.7. The molecule has 2 unspecified atom stereocenters. The molecule has 1 aliphatic carbocycles. The Kier molecular flexibility index (Phi) is 4.30. The highest BCUT2D eigenvalue weighted by Crippen LogP contribution is 2.39. The van der Waals surface area contributed by atoms with Crippen LogP contribution in [0.1, 0.15) is 17.5 Å². The molecule has 0 bridgehead atoms. The van der Waals surface area contributed by atoms with Gasteiger partial charge >= 0.3 is 12.1 Å². The normalized spacial score (nSPS) is 20.4. The number of halogens is 3. The van der Waals surface area contributed by atoms with Gasteiger partial charge in [-0.3, -0.25) is 9.59 Å². The Hall–Kier alpha value is -2.25. The predicted molar refractivity (Wildman–Crippen MR) is 69.1 cm³/mol. The van der Waals surface area contributed by atoms with Crippen molar-refractivity contribution in [3.63, 3.8) is 0 Å². The number of carbonyl (C=O) groups excluding carboxylic acids is 1. The Balaban J connectivity index is 2.07. The molecule has 1 amide bonds. The number of methoxy groups -OCH3 is 1. The summed E-state index contributed by atoms with van der Waals surface area (Å²) in [5.41, 5.74) is -0.994. The Morgan fingerprint density at radius 2 is 2.05 bits per heavy atom. The van der Waals surface area contributed by atoms with E-state index in [1.165, 1.54) is 19.2 Å².